The fourth-order valence-corrected chi connectivity index (χ4v) is 2.14. The molecule has 1 amide bonds. The lowest BCUT2D eigenvalue weighted by Crippen LogP contribution is -2.27. The lowest BCUT2D eigenvalue weighted by atomic mass is 10.4. The van der Waals surface area contributed by atoms with Gasteiger partial charge in [0.2, 0.25) is 5.91 Å². The summed E-state index contributed by atoms with van der Waals surface area (Å²) in [6.07, 6.45) is 4.98. The van der Waals surface area contributed by atoms with Crippen molar-refractivity contribution in [3.8, 4) is 0 Å². The van der Waals surface area contributed by atoms with Crippen LogP contribution in [0.25, 0.3) is 0 Å². The number of hydrogen-bond acceptors (Lipinski definition) is 3. The van der Waals surface area contributed by atoms with Crippen molar-refractivity contribution < 1.29 is 4.79 Å². The van der Waals surface area contributed by atoms with Crippen LogP contribution in [0.1, 0.15) is 12.6 Å². The minimum atomic E-state index is -0.141. The highest BCUT2D eigenvalue weighted by Gasteiger charge is 2.08. The van der Waals surface area contributed by atoms with Crippen LogP contribution in [0, 0.1) is 0 Å². The Morgan fingerprint density at radius 2 is 2.26 bits per heavy atom. The SMILES string of the molecule is CCn1cc(Br)c(CNC(=O)Cn2cc(Cl)cn2)n1. The van der Waals surface area contributed by atoms with Gasteiger partial charge in [0.05, 0.1) is 27.9 Å². The van der Waals surface area contributed by atoms with Crippen LogP contribution in [0.15, 0.2) is 23.1 Å². The van der Waals surface area contributed by atoms with E-state index in [1.807, 2.05) is 13.1 Å². The molecule has 102 valence electrons. The van der Waals surface area contributed by atoms with Crippen molar-refractivity contribution in [3.05, 3.63) is 33.8 Å². The topological polar surface area (TPSA) is 64.7 Å². The highest BCUT2D eigenvalue weighted by molar-refractivity contribution is 9.10. The number of carbonyl (C=O) groups excluding carboxylic acids is 1. The van der Waals surface area contributed by atoms with Crippen molar-refractivity contribution in [1.82, 2.24) is 24.9 Å². The Balaban J connectivity index is 1.87. The van der Waals surface area contributed by atoms with Crippen LogP contribution >= 0.6 is 27.5 Å². The summed E-state index contributed by atoms with van der Waals surface area (Å²) in [5, 5.41) is 11.6. The zero-order chi connectivity index (χ0) is 13.8. The van der Waals surface area contributed by atoms with E-state index < -0.39 is 0 Å². The second-order valence-electron chi connectivity index (χ2n) is 3.91. The van der Waals surface area contributed by atoms with E-state index in [1.165, 1.54) is 10.9 Å². The summed E-state index contributed by atoms with van der Waals surface area (Å²) in [6.45, 7) is 3.31. The maximum atomic E-state index is 11.7. The first-order valence-corrected chi connectivity index (χ1v) is 6.92. The monoisotopic (exact) mass is 345 g/mol. The van der Waals surface area contributed by atoms with Crippen LogP contribution in [-0.2, 0) is 24.4 Å². The summed E-state index contributed by atoms with van der Waals surface area (Å²) in [7, 11) is 0. The van der Waals surface area contributed by atoms with Crippen molar-refractivity contribution in [1.29, 1.82) is 0 Å². The predicted octanol–water partition coefficient (Wildman–Crippen LogP) is 1.83. The minimum Gasteiger partial charge on any atom is -0.349 e. The predicted molar refractivity (Wildman–Crippen MR) is 74.7 cm³/mol. The fourth-order valence-electron chi connectivity index (χ4n) is 1.53. The molecule has 8 heteroatoms. The normalized spacial score (nSPS) is 10.7. The quantitative estimate of drug-likeness (QED) is 0.898. The van der Waals surface area contributed by atoms with Crippen LogP contribution in [0.2, 0.25) is 5.02 Å². The summed E-state index contributed by atoms with van der Waals surface area (Å²) in [6, 6.07) is 0. The van der Waals surface area contributed by atoms with E-state index >= 15 is 0 Å². The summed E-state index contributed by atoms with van der Waals surface area (Å²) >= 11 is 9.13. The van der Waals surface area contributed by atoms with Gasteiger partial charge in [-0.05, 0) is 22.9 Å². The molecule has 0 saturated heterocycles. The molecule has 0 atom stereocenters. The number of aryl methyl sites for hydroxylation is 1. The molecule has 19 heavy (non-hydrogen) atoms. The summed E-state index contributed by atoms with van der Waals surface area (Å²) in [4.78, 5) is 11.7. The van der Waals surface area contributed by atoms with Gasteiger partial charge in [-0.3, -0.25) is 14.2 Å². The largest absolute Gasteiger partial charge is 0.349 e. The number of amides is 1. The Kier molecular flexibility index (Phi) is 4.60. The Morgan fingerprint density at radius 1 is 1.47 bits per heavy atom. The maximum Gasteiger partial charge on any atom is 0.242 e. The maximum absolute atomic E-state index is 11.7. The first-order valence-electron chi connectivity index (χ1n) is 5.75. The van der Waals surface area contributed by atoms with Crippen LogP contribution in [0.5, 0.6) is 0 Å². The van der Waals surface area contributed by atoms with Gasteiger partial charge < -0.3 is 5.32 Å². The molecule has 0 aliphatic rings. The van der Waals surface area contributed by atoms with Gasteiger partial charge in [-0.25, -0.2) is 0 Å². The third-order valence-corrected chi connectivity index (χ3v) is 3.33. The third-order valence-electron chi connectivity index (χ3n) is 2.47. The van der Waals surface area contributed by atoms with Gasteiger partial charge in [0, 0.05) is 18.9 Å². The molecule has 0 aliphatic heterocycles. The lowest BCUT2D eigenvalue weighted by molar-refractivity contribution is -0.122. The van der Waals surface area contributed by atoms with Crippen LogP contribution in [0.3, 0.4) is 0 Å². The van der Waals surface area contributed by atoms with E-state index in [-0.39, 0.29) is 12.5 Å². The van der Waals surface area contributed by atoms with Gasteiger partial charge in [0.25, 0.3) is 0 Å². The second-order valence-corrected chi connectivity index (χ2v) is 5.20. The van der Waals surface area contributed by atoms with Crippen LogP contribution in [0.4, 0.5) is 0 Å². The summed E-state index contributed by atoms with van der Waals surface area (Å²) in [5.74, 6) is -0.141. The molecule has 0 radical (unpaired) electrons. The number of rotatable bonds is 5. The van der Waals surface area contributed by atoms with Gasteiger partial charge in [0.15, 0.2) is 0 Å². The van der Waals surface area contributed by atoms with E-state index in [9.17, 15) is 4.79 Å². The Hall–Kier alpha value is -1.34. The molecular weight excluding hydrogens is 334 g/mol. The van der Waals surface area contributed by atoms with Gasteiger partial charge >= 0.3 is 0 Å². The highest BCUT2D eigenvalue weighted by atomic mass is 79.9. The average Bonchev–Trinajstić information content (AvgIpc) is 2.93. The lowest BCUT2D eigenvalue weighted by Gasteiger charge is -2.03. The number of hydrogen-bond donors (Lipinski definition) is 1. The Bertz CT molecular complexity index is 579. The van der Waals surface area contributed by atoms with E-state index in [0.717, 1.165) is 16.7 Å². The fraction of sp³-hybridized carbons (Fsp3) is 0.364. The van der Waals surface area contributed by atoms with Gasteiger partial charge in [-0.1, -0.05) is 11.6 Å². The second kappa shape index (κ2) is 6.21. The van der Waals surface area contributed by atoms with Crippen LogP contribution < -0.4 is 5.32 Å². The molecule has 0 bridgehead atoms. The van der Waals surface area contributed by atoms with Crippen molar-refractivity contribution in [2.75, 3.05) is 0 Å². The molecule has 2 aromatic rings. The number of aromatic nitrogens is 4. The van der Waals surface area contributed by atoms with E-state index in [1.54, 1.807) is 10.9 Å². The summed E-state index contributed by atoms with van der Waals surface area (Å²) < 4.78 is 4.17. The molecule has 0 unspecified atom stereocenters. The molecule has 0 aromatic carbocycles. The first-order chi connectivity index (χ1) is 9.08. The Labute approximate surface area is 123 Å². The molecule has 2 rings (SSSR count). The zero-order valence-corrected chi connectivity index (χ0v) is 12.6. The zero-order valence-electron chi connectivity index (χ0n) is 10.3. The van der Waals surface area contributed by atoms with E-state index in [2.05, 4.69) is 31.4 Å². The standard InChI is InChI=1S/C11H13BrClN5O/c1-2-17-6-9(12)10(16-17)4-14-11(19)7-18-5-8(13)3-15-18/h3,5-6H,2,4,7H2,1H3,(H,14,19). The molecule has 6 nitrogen and oxygen atoms in total. The van der Waals surface area contributed by atoms with Crippen molar-refractivity contribution in [2.24, 2.45) is 0 Å². The van der Waals surface area contributed by atoms with E-state index in [4.69, 9.17) is 11.6 Å². The van der Waals surface area contributed by atoms with Gasteiger partial charge in [-0.15, -0.1) is 0 Å². The minimum absolute atomic E-state index is 0.138. The van der Waals surface area contributed by atoms with E-state index in [0.29, 0.717) is 11.6 Å². The molecule has 0 aliphatic carbocycles. The van der Waals surface area contributed by atoms with Gasteiger partial charge in [-0.2, -0.15) is 10.2 Å². The third kappa shape index (κ3) is 3.81. The molecule has 0 fully saturated rings. The van der Waals surface area contributed by atoms with Crippen molar-refractivity contribution in [3.63, 3.8) is 0 Å². The molecular formula is C11H13BrClN5O. The van der Waals surface area contributed by atoms with Crippen molar-refractivity contribution in [2.45, 2.75) is 26.6 Å². The molecule has 0 saturated carbocycles. The molecule has 1 N–H and O–H groups in total. The summed E-state index contributed by atoms with van der Waals surface area (Å²) in [5.41, 5.74) is 0.800. The average molecular weight is 347 g/mol. The molecule has 0 spiro atoms. The highest BCUT2D eigenvalue weighted by Crippen LogP contribution is 2.14. The van der Waals surface area contributed by atoms with Crippen LogP contribution in [-0.4, -0.2) is 25.5 Å². The molecule has 2 aromatic heterocycles. The Morgan fingerprint density at radius 3 is 2.84 bits per heavy atom. The number of nitrogens with one attached hydrogen (secondary N) is 1. The smallest absolute Gasteiger partial charge is 0.242 e. The van der Waals surface area contributed by atoms with Gasteiger partial charge in [0.1, 0.15) is 6.54 Å². The molecule has 2 heterocycles. The number of halogens is 2. The van der Waals surface area contributed by atoms with Crippen molar-refractivity contribution >= 4 is 33.4 Å². The number of carbonyl (C=O) groups is 1. The first kappa shape index (κ1) is 14.1. The number of nitrogens with zero attached hydrogens (tertiary/aromatic N) is 4.